The van der Waals surface area contributed by atoms with Crippen molar-refractivity contribution in [3.05, 3.63) is 94.1 Å². The normalized spacial score (nSPS) is 10.9. The van der Waals surface area contributed by atoms with Crippen LogP contribution in [0.3, 0.4) is 0 Å². The molecule has 3 aromatic rings. The van der Waals surface area contributed by atoms with Crippen LogP contribution < -0.4 is 0 Å². The number of aryl methyl sites for hydroxylation is 2. The van der Waals surface area contributed by atoms with E-state index in [9.17, 15) is 17.6 Å². The van der Waals surface area contributed by atoms with Crippen molar-refractivity contribution in [2.75, 3.05) is 0 Å². The summed E-state index contributed by atoms with van der Waals surface area (Å²) in [5, 5.41) is 7.95. The monoisotopic (exact) mass is 424 g/mol. The van der Waals surface area contributed by atoms with Crippen molar-refractivity contribution in [1.29, 1.82) is 0 Å². The van der Waals surface area contributed by atoms with Crippen LogP contribution in [0.4, 0.5) is 28.9 Å². The fraction of sp³-hybridized carbons (Fsp3) is 0.200. The first-order chi connectivity index (χ1) is 14.9. The average Bonchev–Trinajstić information content (AvgIpc) is 2.74. The van der Waals surface area contributed by atoms with E-state index < -0.39 is 23.3 Å². The molecule has 158 valence electrons. The first kappa shape index (κ1) is 22.2. The molecule has 3 aromatic carbocycles. The standard InChI is InChI=1S/C25H20F4N2/c1-3-5-16-12-23(27)21(24(28)13-16)10-7-18-6-8-19(14-17(18)4-2)30-31-20-9-11-22(26)25(29)15-20/h6,8-9,11-15H,3-5H2,1-2H3. The number of benzene rings is 3. The van der Waals surface area contributed by atoms with Gasteiger partial charge in [0.1, 0.15) is 11.6 Å². The van der Waals surface area contributed by atoms with Gasteiger partial charge in [0.2, 0.25) is 0 Å². The van der Waals surface area contributed by atoms with Crippen molar-refractivity contribution in [3.63, 3.8) is 0 Å². The zero-order chi connectivity index (χ0) is 22.4. The molecule has 2 nitrogen and oxygen atoms in total. The van der Waals surface area contributed by atoms with E-state index in [0.29, 0.717) is 29.7 Å². The largest absolute Gasteiger partial charge is 0.206 e. The second-order valence-electron chi connectivity index (χ2n) is 6.93. The van der Waals surface area contributed by atoms with Gasteiger partial charge in [-0.05, 0) is 66.4 Å². The number of rotatable bonds is 5. The molecule has 0 N–H and O–H groups in total. The molecule has 31 heavy (non-hydrogen) atoms. The van der Waals surface area contributed by atoms with E-state index in [1.54, 1.807) is 18.2 Å². The Morgan fingerprint density at radius 1 is 0.710 bits per heavy atom. The summed E-state index contributed by atoms with van der Waals surface area (Å²) in [5.41, 5.74) is 2.45. The fourth-order valence-corrected chi connectivity index (χ4v) is 3.03. The van der Waals surface area contributed by atoms with Gasteiger partial charge in [-0.25, -0.2) is 17.6 Å². The molecule has 0 amide bonds. The zero-order valence-corrected chi connectivity index (χ0v) is 17.1. The third-order valence-corrected chi connectivity index (χ3v) is 4.62. The van der Waals surface area contributed by atoms with Gasteiger partial charge < -0.3 is 0 Å². The predicted molar refractivity (Wildman–Crippen MR) is 113 cm³/mol. The summed E-state index contributed by atoms with van der Waals surface area (Å²) >= 11 is 0. The van der Waals surface area contributed by atoms with Crippen LogP contribution in [-0.2, 0) is 12.8 Å². The van der Waals surface area contributed by atoms with Crippen LogP contribution in [0.2, 0.25) is 0 Å². The zero-order valence-electron chi connectivity index (χ0n) is 17.1. The number of halogens is 4. The lowest BCUT2D eigenvalue weighted by Crippen LogP contribution is -1.95. The molecule has 0 bridgehead atoms. The highest BCUT2D eigenvalue weighted by Gasteiger charge is 2.09. The summed E-state index contributed by atoms with van der Waals surface area (Å²) in [6, 6.07) is 11.0. The first-order valence-electron chi connectivity index (χ1n) is 9.91. The van der Waals surface area contributed by atoms with E-state index in [1.807, 2.05) is 13.8 Å². The second-order valence-corrected chi connectivity index (χ2v) is 6.93. The Kier molecular flexibility index (Phi) is 7.19. The van der Waals surface area contributed by atoms with Gasteiger partial charge >= 0.3 is 0 Å². The van der Waals surface area contributed by atoms with Crippen LogP contribution >= 0.6 is 0 Å². The van der Waals surface area contributed by atoms with Gasteiger partial charge in [-0.3, -0.25) is 0 Å². The summed E-state index contributed by atoms with van der Waals surface area (Å²) < 4.78 is 54.8. The van der Waals surface area contributed by atoms with Gasteiger partial charge in [0.25, 0.3) is 0 Å². The molecule has 3 rings (SSSR count). The third-order valence-electron chi connectivity index (χ3n) is 4.62. The van der Waals surface area contributed by atoms with Crippen LogP contribution in [0.15, 0.2) is 58.8 Å². The Balaban J connectivity index is 1.86. The average molecular weight is 424 g/mol. The molecule has 0 aliphatic heterocycles. The number of nitrogens with zero attached hydrogens (tertiary/aromatic N) is 2. The molecule has 0 aromatic heterocycles. The van der Waals surface area contributed by atoms with E-state index in [1.165, 1.54) is 18.2 Å². The van der Waals surface area contributed by atoms with Crippen molar-refractivity contribution in [3.8, 4) is 11.8 Å². The highest BCUT2D eigenvalue weighted by atomic mass is 19.2. The highest BCUT2D eigenvalue weighted by molar-refractivity contribution is 5.53. The van der Waals surface area contributed by atoms with Crippen LogP contribution in [0.25, 0.3) is 0 Å². The Labute approximate surface area is 178 Å². The van der Waals surface area contributed by atoms with Crippen LogP contribution in [-0.4, -0.2) is 0 Å². The van der Waals surface area contributed by atoms with Crippen LogP contribution in [0.5, 0.6) is 0 Å². The maximum atomic E-state index is 14.3. The smallest absolute Gasteiger partial charge is 0.161 e. The molecule has 6 heteroatoms. The number of hydrogen-bond donors (Lipinski definition) is 0. The molecule has 0 atom stereocenters. The molecular formula is C25H20F4N2. The molecule has 0 aliphatic rings. The van der Waals surface area contributed by atoms with Crippen molar-refractivity contribution >= 4 is 11.4 Å². The van der Waals surface area contributed by atoms with Crippen molar-refractivity contribution in [1.82, 2.24) is 0 Å². The topological polar surface area (TPSA) is 24.7 Å². The minimum absolute atomic E-state index is 0.179. The van der Waals surface area contributed by atoms with Crippen molar-refractivity contribution < 1.29 is 17.6 Å². The van der Waals surface area contributed by atoms with Gasteiger partial charge in [0.05, 0.1) is 16.9 Å². The Morgan fingerprint density at radius 3 is 1.97 bits per heavy atom. The maximum absolute atomic E-state index is 14.3. The predicted octanol–water partition coefficient (Wildman–Crippen LogP) is 7.57. The lowest BCUT2D eigenvalue weighted by molar-refractivity contribution is 0.509. The molecule has 0 saturated heterocycles. The third kappa shape index (κ3) is 5.58. The van der Waals surface area contributed by atoms with Crippen molar-refractivity contribution in [2.24, 2.45) is 10.2 Å². The summed E-state index contributed by atoms with van der Waals surface area (Å²) in [6.45, 7) is 3.86. The van der Waals surface area contributed by atoms with Crippen molar-refractivity contribution in [2.45, 2.75) is 33.1 Å². The molecule has 0 spiro atoms. The summed E-state index contributed by atoms with van der Waals surface area (Å²) in [4.78, 5) is 0. The van der Waals surface area contributed by atoms with E-state index in [2.05, 4.69) is 22.1 Å². The van der Waals surface area contributed by atoms with E-state index >= 15 is 0 Å². The molecule has 0 unspecified atom stereocenters. The minimum atomic E-state index is -1.00. The van der Waals surface area contributed by atoms with Crippen LogP contribution in [0, 0.1) is 35.1 Å². The Morgan fingerprint density at radius 2 is 1.35 bits per heavy atom. The lowest BCUT2D eigenvalue weighted by Gasteiger charge is -2.04. The SMILES string of the molecule is CCCc1cc(F)c(C#Cc2ccc(N=Nc3ccc(F)c(F)c3)cc2CC)c(F)c1. The van der Waals surface area contributed by atoms with Crippen LogP contribution in [0.1, 0.15) is 42.5 Å². The summed E-state index contributed by atoms with van der Waals surface area (Å²) in [7, 11) is 0. The Hall–Kier alpha value is -3.46. The molecule has 0 aliphatic carbocycles. The van der Waals surface area contributed by atoms with Gasteiger partial charge in [0, 0.05) is 11.6 Å². The fourth-order valence-electron chi connectivity index (χ4n) is 3.03. The molecule has 0 radical (unpaired) electrons. The molecular weight excluding hydrogens is 404 g/mol. The maximum Gasteiger partial charge on any atom is 0.161 e. The Bertz CT molecular complexity index is 1170. The minimum Gasteiger partial charge on any atom is -0.206 e. The van der Waals surface area contributed by atoms with E-state index in [-0.39, 0.29) is 11.3 Å². The quantitative estimate of drug-likeness (QED) is 0.229. The first-order valence-corrected chi connectivity index (χ1v) is 9.91. The summed E-state index contributed by atoms with van der Waals surface area (Å²) in [6.07, 6.45) is 2.00. The van der Waals surface area contributed by atoms with Gasteiger partial charge in [-0.1, -0.05) is 32.1 Å². The lowest BCUT2D eigenvalue weighted by atomic mass is 10.0. The summed E-state index contributed by atoms with van der Waals surface area (Å²) in [5.74, 6) is 2.13. The number of azo groups is 1. The number of hydrogen-bond acceptors (Lipinski definition) is 2. The van der Waals surface area contributed by atoms with Gasteiger partial charge in [0.15, 0.2) is 11.6 Å². The highest BCUT2D eigenvalue weighted by Crippen LogP contribution is 2.23. The van der Waals surface area contributed by atoms with Gasteiger partial charge in [-0.2, -0.15) is 10.2 Å². The molecule has 0 fully saturated rings. The second kappa shape index (κ2) is 10.0. The van der Waals surface area contributed by atoms with E-state index in [0.717, 1.165) is 24.1 Å². The molecule has 0 saturated carbocycles. The van der Waals surface area contributed by atoms with Gasteiger partial charge in [-0.15, -0.1) is 0 Å². The van der Waals surface area contributed by atoms with E-state index in [4.69, 9.17) is 0 Å². The molecule has 0 heterocycles.